The summed E-state index contributed by atoms with van der Waals surface area (Å²) in [4.78, 5) is 25.2. The molecule has 5 aromatic rings. The summed E-state index contributed by atoms with van der Waals surface area (Å²) >= 11 is 0. The molecule has 0 aliphatic heterocycles. The maximum Gasteiger partial charge on any atom is 0.365 e. The number of aliphatic hydroxyl groups excluding tert-OH is 1. The molecule has 0 aliphatic carbocycles. The average molecular weight is 389 g/mol. The number of ether oxygens (including phenoxy) is 1. The first-order chi connectivity index (χ1) is 14.1. The molecule has 0 saturated heterocycles. The van der Waals surface area contributed by atoms with Gasteiger partial charge in [-0.1, -0.05) is 24.3 Å². The van der Waals surface area contributed by atoms with Crippen LogP contribution in [0.15, 0.2) is 67.1 Å². The predicted octanol–water partition coefficient (Wildman–Crippen LogP) is 3.55. The van der Waals surface area contributed by atoms with Gasteiger partial charge in [-0.05, 0) is 29.8 Å². The number of aromatic nitrogens is 1. The van der Waals surface area contributed by atoms with Gasteiger partial charge in [0.2, 0.25) is 5.43 Å². The second-order valence-electron chi connectivity index (χ2n) is 6.62. The molecular formula is C22H15NO6. The molecule has 0 saturated carbocycles. The Balaban J connectivity index is 2.00. The minimum Gasteiger partial charge on any atom is -0.495 e. The lowest BCUT2D eigenvalue weighted by Crippen LogP contribution is -2.07. The van der Waals surface area contributed by atoms with Gasteiger partial charge in [0.15, 0.2) is 0 Å². The Bertz CT molecular complexity index is 1520. The summed E-state index contributed by atoms with van der Waals surface area (Å²) in [7, 11) is 1.45. The van der Waals surface area contributed by atoms with Gasteiger partial charge < -0.3 is 18.8 Å². The largest absolute Gasteiger partial charge is 0.495 e. The fourth-order valence-corrected chi connectivity index (χ4v) is 3.79. The highest BCUT2D eigenvalue weighted by molar-refractivity contribution is 6.03. The number of rotatable bonds is 3. The molecule has 0 spiro atoms. The number of fused-ring (bicyclic) bond motifs is 3. The van der Waals surface area contributed by atoms with Crippen molar-refractivity contribution in [1.29, 1.82) is 0 Å². The van der Waals surface area contributed by atoms with E-state index < -0.39 is 5.63 Å². The Morgan fingerprint density at radius 2 is 1.83 bits per heavy atom. The second-order valence-corrected chi connectivity index (χ2v) is 6.62. The number of methoxy groups -OCH3 is 1. The van der Waals surface area contributed by atoms with Crippen LogP contribution in [0.5, 0.6) is 5.75 Å². The van der Waals surface area contributed by atoms with Gasteiger partial charge in [0.05, 0.1) is 30.0 Å². The van der Waals surface area contributed by atoms with Crippen molar-refractivity contribution >= 4 is 32.8 Å². The van der Waals surface area contributed by atoms with Crippen molar-refractivity contribution in [2.24, 2.45) is 0 Å². The van der Waals surface area contributed by atoms with Crippen LogP contribution < -0.4 is 15.8 Å². The van der Waals surface area contributed by atoms with Crippen LogP contribution in [0.3, 0.4) is 0 Å². The monoisotopic (exact) mass is 389 g/mol. The Kier molecular flexibility index (Phi) is 3.78. The number of H-pyrrole nitrogens is 1. The molecule has 0 unspecified atom stereocenters. The Morgan fingerprint density at radius 3 is 2.62 bits per heavy atom. The first kappa shape index (κ1) is 17.3. The maximum atomic E-state index is 13.2. The number of aromatic amines is 1. The lowest BCUT2D eigenvalue weighted by molar-refractivity contribution is 0.281. The maximum absolute atomic E-state index is 13.2. The number of para-hydroxylation sites is 2. The summed E-state index contributed by atoms with van der Waals surface area (Å²) in [6.07, 6.45) is 0. The van der Waals surface area contributed by atoms with Gasteiger partial charge in [0.25, 0.3) is 0 Å². The highest BCUT2D eigenvalue weighted by Gasteiger charge is 2.23. The van der Waals surface area contributed by atoms with E-state index in [2.05, 4.69) is 5.16 Å². The van der Waals surface area contributed by atoms with Crippen LogP contribution in [-0.2, 0) is 6.61 Å². The van der Waals surface area contributed by atoms with E-state index in [0.29, 0.717) is 44.1 Å². The van der Waals surface area contributed by atoms with Crippen molar-refractivity contribution in [2.75, 3.05) is 7.11 Å². The average Bonchev–Trinajstić information content (AvgIpc) is 3.13. The fourth-order valence-electron chi connectivity index (χ4n) is 3.79. The molecule has 29 heavy (non-hydrogen) atoms. The number of hydrogen-bond acceptors (Lipinski definition) is 6. The third-order valence-electron chi connectivity index (χ3n) is 5.08. The first-order valence-electron chi connectivity index (χ1n) is 8.91. The lowest BCUT2D eigenvalue weighted by Gasteiger charge is -2.16. The van der Waals surface area contributed by atoms with Crippen molar-refractivity contribution in [1.82, 2.24) is 5.16 Å². The predicted molar refractivity (Wildman–Crippen MR) is 108 cm³/mol. The normalized spacial score (nSPS) is 11.5. The van der Waals surface area contributed by atoms with E-state index in [4.69, 9.17) is 13.7 Å². The van der Waals surface area contributed by atoms with E-state index in [0.717, 1.165) is 0 Å². The minimum absolute atomic E-state index is 0.239. The Labute approximate surface area is 162 Å². The number of hydrogen-bond donors (Lipinski definition) is 2. The van der Waals surface area contributed by atoms with Crippen LogP contribution in [0.4, 0.5) is 0 Å². The molecule has 2 heterocycles. The Morgan fingerprint density at radius 1 is 1.03 bits per heavy atom. The standard InChI is InChI=1S/C22H15NO6/c1-27-21-17(13-6-4-7-14-19(13)23-29-22(14)26)11(10-24)9-16-18(21)20(25)12-5-2-3-8-15(12)28-16/h2-9,23-24H,10H2,1H3. The highest BCUT2D eigenvalue weighted by Crippen LogP contribution is 2.41. The van der Waals surface area contributed by atoms with E-state index >= 15 is 0 Å². The van der Waals surface area contributed by atoms with Gasteiger partial charge in [-0.25, -0.2) is 9.95 Å². The molecule has 0 fully saturated rings. The molecule has 0 aliphatic rings. The quantitative estimate of drug-likeness (QED) is 0.457. The fraction of sp³-hybridized carbons (Fsp3) is 0.0909. The van der Waals surface area contributed by atoms with Crippen LogP contribution in [0, 0.1) is 0 Å². The molecule has 7 nitrogen and oxygen atoms in total. The van der Waals surface area contributed by atoms with Crippen molar-refractivity contribution in [3.63, 3.8) is 0 Å². The van der Waals surface area contributed by atoms with Crippen molar-refractivity contribution in [3.8, 4) is 16.9 Å². The van der Waals surface area contributed by atoms with E-state index in [1.54, 1.807) is 48.5 Å². The van der Waals surface area contributed by atoms with Gasteiger partial charge in [-0.15, -0.1) is 0 Å². The van der Waals surface area contributed by atoms with E-state index in [1.807, 2.05) is 0 Å². The van der Waals surface area contributed by atoms with Gasteiger partial charge in [-0.2, -0.15) is 0 Å². The SMILES string of the molecule is COc1c(-c2cccc3c(=O)o[nH]c23)c(CO)cc2oc3ccccc3c(=O)c12. The van der Waals surface area contributed by atoms with Crippen molar-refractivity contribution < 1.29 is 18.8 Å². The van der Waals surface area contributed by atoms with Gasteiger partial charge >= 0.3 is 5.63 Å². The second kappa shape index (κ2) is 6.35. The molecule has 144 valence electrons. The third-order valence-corrected chi connectivity index (χ3v) is 5.08. The topological polar surface area (TPSA) is 106 Å². The van der Waals surface area contributed by atoms with Crippen molar-refractivity contribution in [2.45, 2.75) is 6.61 Å². The van der Waals surface area contributed by atoms with Crippen LogP contribution in [0.2, 0.25) is 0 Å². The zero-order chi connectivity index (χ0) is 20.1. The number of aliphatic hydroxyl groups is 1. The summed E-state index contributed by atoms with van der Waals surface area (Å²) in [5, 5.41) is 13.7. The lowest BCUT2D eigenvalue weighted by atomic mass is 9.94. The van der Waals surface area contributed by atoms with E-state index in [9.17, 15) is 14.7 Å². The molecule has 0 bridgehead atoms. The summed E-state index contributed by atoms with van der Waals surface area (Å²) < 4.78 is 16.5. The van der Waals surface area contributed by atoms with E-state index in [-0.39, 0.29) is 23.2 Å². The van der Waals surface area contributed by atoms with Crippen LogP contribution in [-0.4, -0.2) is 17.4 Å². The zero-order valence-corrected chi connectivity index (χ0v) is 15.3. The van der Waals surface area contributed by atoms with Crippen LogP contribution in [0.1, 0.15) is 5.56 Å². The highest BCUT2D eigenvalue weighted by atomic mass is 16.5. The molecule has 0 atom stereocenters. The van der Waals surface area contributed by atoms with Crippen LogP contribution in [0.25, 0.3) is 44.0 Å². The van der Waals surface area contributed by atoms with Crippen LogP contribution >= 0.6 is 0 Å². The van der Waals surface area contributed by atoms with Gasteiger partial charge in [0.1, 0.15) is 22.3 Å². The van der Waals surface area contributed by atoms with Gasteiger partial charge in [-0.3, -0.25) is 4.79 Å². The van der Waals surface area contributed by atoms with Gasteiger partial charge in [0, 0.05) is 11.1 Å². The number of nitrogens with one attached hydrogen (secondary N) is 1. The summed E-state index contributed by atoms with van der Waals surface area (Å²) in [5.74, 6) is 0.264. The zero-order valence-electron chi connectivity index (χ0n) is 15.3. The molecular weight excluding hydrogens is 374 g/mol. The Hall–Kier alpha value is -3.84. The van der Waals surface area contributed by atoms with E-state index in [1.165, 1.54) is 7.11 Å². The van der Waals surface area contributed by atoms with Crippen molar-refractivity contribution in [3.05, 3.63) is 74.7 Å². The third kappa shape index (κ3) is 2.41. The molecule has 5 rings (SSSR count). The molecule has 2 N–H and O–H groups in total. The molecule has 7 heteroatoms. The smallest absolute Gasteiger partial charge is 0.365 e. The molecule has 3 aromatic carbocycles. The molecule has 2 aromatic heterocycles. The number of benzene rings is 3. The summed E-state index contributed by atoms with van der Waals surface area (Å²) in [5.41, 5.74) is 2.03. The summed E-state index contributed by atoms with van der Waals surface area (Å²) in [6, 6.07) is 13.7. The summed E-state index contributed by atoms with van der Waals surface area (Å²) in [6.45, 7) is -0.323. The molecule has 0 radical (unpaired) electrons. The first-order valence-corrected chi connectivity index (χ1v) is 8.91. The molecule has 0 amide bonds. The minimum atomic E-state index is -0.502.